The number of benzene rings is 3. The number of carbonyl (C=O) groups is 2. The van der Waals surface area contributed by atoms with E-state index in [0.717, 1.165) is 59.4 Å². The first-order chi connectivity index (χ1) is 21.5. The Morgan fingerprint density at radius 2 is 1.50 bits per heavy atom. The molecule has 0 radical (unpaired) electrons. The Bertz CT molecular complexity index is 1370. The van der Waals surface area contributed by atoms with Gasteiger partial charge in [0.05, 0.1) is 25.2 Å². The first kappa shape index (κ1) is 31.9. The van der Waals surface area contributed by atoms with Crippen molar-refractivity contribution in [1.29, 1.82) is 0 Å². The lowest BCUT2D eigenvalue weighted by molar-refractivity contribution is -0.253. The first-order valence-corrected chi connectivity index (χ1v) is 15.9. The zero-order valence-corrected chi connectivity index (χ0v) is 25.3. The highest BCUT2D eigenvalue weighted by Crippen LogP contribution is 2.39. The average Bonchev–Trinajstić information content (AvgIpc) is 3.04. The highest BCUT2D eigenvalue weighted by Gasteiger charge is 2.33. The van der Waals surface area contributed by atoms with E-state index in [9.17, 15) is 14.7 Å². The van der Waals surface area contributed by atoms with Gasteiger partial charge >= 0.3 is 5.97 Å². The van der Waals surface area contributed by atoms with E-state index < -0.39 is 12.3 Å². The number of hydrogen-bond acceptors (Lipinski definition) is 6. The van der Waals surface area contributed by atoms with E-state index in [2.05, 4.69) is 22.3 Å². The molecule has 8 nitrogen and oxygen atoms in total. The number of aliphatic hydroxyl groups excluding tert-OH is 1. The van der Waals surface area contributed by atoms with Crippen LogP contribution in [0.1, 0.15) is 86.0 Å². The van der Waals surface area contributed by atoms with Gasteiger partial charge in [-0.15, -0.1) is 0 Å². The molecule has 3 aromatic rings. The van der Waals surface area contributed by atoms with Crippen LogP contribution in [-0.4, -0.2) is 52.7 Å². The minimum Gasteiger partial charge on any atom is -0.481 e. The van der Waals surface area contributed by atoms with Gasteiger partial charge in [0.1, 0.15) is 0 Å². The number of aliphatic carboxylic acids is 1. The second-order valence-electron chi connectivity index (χ2n) is 11.9. The number of ether oxygens (including phenoxy) is 2. The van der Waals surface area contributed by atoms with E-state index >= 15 is 0 Å². The summed E-state index contributed by atoms with van der Waals surface area (Å²) in [4.78, 5) is 25.3. The minimum atomic E-state index is -0.984. The summed E-state index contributed by atoms with van der Waals surface area (Å²) in [5, 5.41) is 21.2. The molecule has 0 aliphatic carbocycles. The summed E-state index contributed by atoms with van der Waals surface area (Å²) in [6, 6.07) is 24.2. The van der Waals surface area contributed by atoms with Crippen molar-refractivity contribution in [3.05, 3.63) is 95.1 Å². The Labute approximate surface area is 260 Å². The highest BCUT2D eigenvalue weighted by molar-refractivity contribution is 5.80. The lowest BCUT2D eigenvalue weighted by Crippen LogP contribution is -2.40. The van der Waals surface area contributed by atoms with Gasteiger partial charge in [-0.1, -0.05) is 79.9 Å². The molecule has 8 heteroatoms. The molecule has 2 saturated heterocycles. The monoisotopic (exact) mass is 600 g/mol. The molecule has 44 heavy (non-hydrogen) atoms. The predicted octanol–water partition coefficient (Wildman–Crippen LogP) is 6.14. The van der Waals surface area contributed by atoms with Crippen LogP contribution in [0.3, 0.4) is 0 Å². The predicted molar refractivity (Wildman–Crippen MR) is 169 cm³/mol. The zero-order chi connectivity index (χ0) is 30.7. The number of rotatable bonds is 11. The second-order valence-corrected chi connectivity index (χ2v) is 11.9. The van der Waals surface area contributed by atoms with Crippen LogP contribution in [0, 0.1) is 0 Å². The largest absolute Gasteiger partial charge is 0.481 e. The van der Waals surface area contributed by atoms with Crippen molar-refractivity contribution in [2.45, 2.75) is 83.0 Å². The lowest BCUT2D eigenvalue weighted by Gasteiger charge is -2.39. The molecule has 2 fully saturated rings. The summed E-state index contributed by atoms with van der Waals surface area (Å²) in [5.41, 5.74) is 5.87. The summed E-state index contributed by atoms with van der Waals surface area (Å²) in [6.07, 6.45) is 6.28. The quantitative estimate of drug-likeness (QED) is 0.243. The van der Waals surface area contributed by atoms with E-state index in [1.165, 1.54) is 32.1 Å². The van der Waals surface area contributed by atoms with Crippen molar-refractivity contribution in [3.63, 3.8) is 0 Å². The van der Waals surface area contributed by atoms with Crippen LogP contribution in [0.25, 0.3) is 11.1 Å². The van der Waals surface area contributed by atoms with Gasteiger partial charge in [-0.3, -0.25) is 9.59 Å². The number of carbonyl (C=O) groups excluding carboxylic acids is 1. The first-order valence-electron chi connectivity index (χ1n) is 15.9. The molecule has 2 aliphatic heterocycles. The van der Waals surface area contributed by atoms with E-state index in [-0.39, 0.29) is 37.6 Å². The number of hydrogen-bond donors (Lipinski definition) is 3. The van der Waals surface area contributed by atoms with Crippen LogP contribution < -0.4 is 5.32 Å². The molecule has 0 aromatic heterocycles. The number of nitrogens with one attached hydrogen (secondary N) is 1. The van der Waals surface area contributed by atoms with E-state index in [1.807, 2.05) is 60.7 Å². The normalized spacial score (nSPS) is 21.2. The van der Waals surface area contributed by atoms with Crippen LogP contribution >= 0.6 is 0 Å². The van der Waals surface area contributed by atoms with Gasteiger partial charge in [-0.25, -0.2) is 0 Å². The highest BCUT2D eigenvalue weighted by atomic mass is 16.7. The van der Waals surface area contributed by atoms with Gasteiger partial charge in [-0.05, 0) is 65.9 Å². The third-order valence-electron chi connectivity index (χ3n) is 8.50. The number of carboxylic acid groups (broad SMARTS) is 1. The van der Waals surface area contributed by atoms with Crippen LogP contribution in [0.2, 0.25) is 0 Å². The van der Waals surface area contributed by atoms with Gasteiger partial charge in [0.2, 0.25) is 5.91 Å². The number of amides is 1. The molecule has 0 spiro atoms. The minimum absolute atomic E-state index is 0.0141. The Balaban J connectivity index is 1.32. The van der Waals surface area contributed by atoms with Gasteiger partial charge in [0, 0.05) is 31.5 Å². The smallest absolute Gasteiger partial charge is 0.303 e. The number of aliphatic hydroxyl groups is 1. The standard InChI is InChI=1S/C36H44N2O6/c39-25-26-12-14-28(15-13-26)33-22-32(24-38-18-4-2-1-3-5-19-38)43-36(44-33)31-11-7-10-30(21-31)29-9-6-8-27(20-29)23-37-34(40)16-17-35(41)42/h6-15,20-21,32-33,36,39H,1-5,16-19,22-25H2,(H,37,40)(H,41,42)/t32-,33+,36+/m0/s1. The lowest BCUT2D eigenvalue weighted by atomic mass is 9.98. The Kier molecular flexibility index (Phi) is 11.5. The van der Waals surface area contributed by atoms with Crippen molar-refractivity contribution < 1.29 is 29.3 Å². The fraction of sp³-hybridized carbons (Fsp3) is 0.444. The maximum Gasteiger partial charge on any atom is 0.303 e. The molecule has 5 rings (SSSR count). The third-order valence-corrected chi connectivity index (χ3v) is 8.50. The van der Waals surface area contributed by atoms with Gasteiger partial charge in [-0.2, -0.15) is 0 Å². The zero-order valence-electron chi connectivity index (χ0n) is 25.3. The number of likely N-dealkylation sites (tertiary alicyclic amines) is 1. The molecule has 3 atom stereocenters. The van der Waals surface area contributed by atoms with Crippen molar-refractivity contribution in [3.8, 4) is 11.1 Å². The Morgan fingerprint density at radius 1 is 0.795 bits per heavy atom. The maximum atomic E-state index is 12.0. The summed E-state index contributed by atoms with van der Waals surface area (Å²) < 4.78 is 13.3. The third kappa shape index (κ3) is 9.22. The molecule has 2 aliphatic rings. The molecule has 2 heterocycles. The van der Waals surface area contributed by atoms with E-state index in [1.54, 1.807) is 0 Å². The summed E-state index contributed by atoms with van der Waals surface area (Å²) in [7, 11) is 0. The van der Waals surface area contributed by atoms with Gasteiger partial charge < -0.3 is 29.9 Å². The summed E-state index contributed by atoms with van der Waals surface area (Å²) in [5.74, 6) is -1.26. The average molecular weight is 601 g/mol. The van der Waals surface area contributed by atoms with Crippen LogP contribution in [0.4, 0.5) is 0 Å². The van der Waals surface area contributed by atoms with Crippen molar-refractivity contribution in [1.82, 2.24) is 10.2 Å². The molecular weight excluding hydrogens is 556 g/mol. The Morgan fingerprint density at radius 3 is 2.23 bits per heavy atom. The van der Waals surface area contributed by atoms with Crippen LogP contribution in [-0.2, 0) is 32.2 Å². The fourth-order valence-corrected chi connectivity index (χ4v) is 6.05. The van der Waals surface area contributed by atoms with E-state index in [0.29, 0.717) is 6.54 Å². The Hall–Kier alpha value is -3.56. The number of carboxylic acids is 1. The van der Waals surface area contributed by atoms with Crippen molar-refractivity contribution >= 4 is 11.9 Å². The maximum absolute atomic E-state index is 12.0. The van der Waals surface area contributed by atoms with Crippen LogP contribution in [0.5, 0.6) is 0 Å². The molecule has 3 aromatic carbocycles. The molecule has 3 N–H and O–H groups in total. The van der Waals surface area contributed by atoms with Crippen molar-refractivity contribution in [2.75, 3.05) is 19.6 Å². The summed E-state index contributed by atoms with van der Waals surface area (Å²) >= 11 is 0. The van der Waals surface area contributed by atoms with Gasteiger partial charge in [0.15, 0.2) is 6.29 Å². The van der Waals surface area contributed by atoms with Crippen molar-refractivity contribution in [2.24, 2.45) is 0 Å². The van der Waals surface area contributed by atoms with Crippen LogP contribution in [0.15, 0.2) is 72.8 Å². The molecule has 0 unspecified atom stereocenters. The topological polar surface area (TPSA) is 108 Å². The van der Waals surface area contributed by atoms with E-state index in [4.69, 9.17) is 14.6 Å². The second kappa shape index (κ2) is 16.0. The molecule has 234 valence electrons. The SMILES string of the molecule is O=C(O)CCC(=O)NCc1cccc(-c2cccc([C@@H]3O[C@H](CN4CCCCCCC4)C[C@H](c4ccc(CO)cc4)O3)c2)c1. The number of nitrogens with zero attached hydrogens (tertiary/aromatic N) is 1. The van der Waals surface area contributed by atoms with Gasteiger partial charge in [0.25, 0.3) is 0 Å². The summed E-state index contributed by atoms with van der Waals surface area (Å²) in [6.45, 7) is 3.43. The fourth-order valence-electron chi connectivity index (χ4n) is 6.05. The molecule has 0 saturated carbocycles. The molecule has 1 amide bonds. The molecule has 0 bridgehead atoms. The molecular formula is C36H44N2O6.